The topological polar surface area (TPSA) is 92.8 Å². The second-order valence-corrected chi connectivity index (χ2v) is 8.07. The molecule has 8 heteroatoms. The van der Waals surface area contributed by atoms with Crippen molar-refractivity contribution in [2.45, 2.75) is 13.8 Å². The van der Waals surface area contributed by atoms with E-state index in [2.05, 4.69) is 5.32 Å². The molecule has 27 heavy (non-hydrogen) atoms. The molecule has 142 valence electrons. The van der Waals surface area contributed by atoms with Gasteiger partial charge in [0.2, 0.25) is 15.9 Å². The van der Waals surface area contributed by atoms with Crippen LogP contribution in [0.25, 0.3) is 0 Å². The summed E-state index contributed by atoms with van der Waals surface area (Å²) < 4.78 is 30.6. The third-order valence-electron chi connectivity index (χ3n) is 4.16. The summed E-state index contributed by atoms with van der Waals surface area (Å²) in [7, 11) is -3.67. The van der Waals surface area contributed by atoms with Gasteiger partial charge in [-0.3, -0.25) is 9.59 Å². The van der Waals surface area contributed by atoms with Gasteiger partial charge in [-0.05, 0) is 43.3 Å². The number of carbonyl (C=O) groups is 2. The maximum absolute atomic E-state index is 12.5. The number of nitrogens with one attached hydrogen (secondary N) is 1. The molecule has 1 saturated heterocycles. The molecule has 0 saturated carbocycles. The Morgan fingerprint density at radius 2 is 1.85 bits per heavy atom. The first kappa shape index (κ1) is 18.9. The van der Waals surface area contributed by atoms with Gasteiger partial charge in [0.1, 0.15) is 5.75 Å². The first-order chi connectivity index (χ1) is 12.8. The molecular weight excluding hydrogens is 368 g/mol. The lowest BCUT2D eigenvalue weighted by molar-refractivity contribution is -0.119. The zero-order chi connectivity index (χ0) is 19.6. The third kappa shape index (κ3) is 3.80. The lowest BCUT2D eigenvalue weighted by atomic mass is 10.1. The van der Waals surface area contributed by atoms with E-state index in [0.717, 1.165) is 4.31 Å². The number of benzene rings is 2. The molecule has 1 fully saturated rings. The van der Waals surface area contributed by atoms with Crippen molar-refractivity contribution < 1.29 is 22.7 Å². The van der Waals surface area contributed by atoms with Gasteiger partial charge in [0.05, 0.1) is 29.7 Å². The van der Waals surface area contributed by atoms with Crippen molar-refractivity contribution in [3.05, 3.63) is 54.1 Å². The van der Waals surface area contributed by atoms with Crippen LogP contribution >= 0.6 is 0 Å². The van der Waals surface area contributed by atoms with Crippen LogP contribution in [-0.2, 0) is 14.8 Å². The van der Waals surface area contributed by atoms with Crippen molar-refractivity contribution in [1.82, 2.24) is 0 Å². The lowest BCUT2D eigenvalue weighted by Gasteiger charge is -2.16. The van der Waals surface area contributed by atoms with Gasteiger partial charge in [0.15, 0.2) is 0 Å². The number of amides is 2. The van der Waals surface area contributed by atoms with Crippen LogP contribution in [0, 0.1) is 5.92 Å². The fourth-order valence-electron chi connectivity index (χ4n) is 2.88. The monoisotopic (exact) mass is 388 g/mol. The van der Waals surface area contributed by atoms with Gasteiger partial charge in [-0.1, -0.05) is 19.1 Å². The molecule has 0 bridgehead atoms. The Labute approximate surface area is 158 Å². The van der Waals surface area contributed by atoms with Gasteiger partial charge in [0.25, 0.3) is 5.91 Å². The number of hydrogen-bond donors (Lipinski definition) is 1. The molecule has 1 aliphatic heterocycles. The molecule has 2 aromatic carbocycles. The van der Waals surface area contributed by atoms with Crippen molar-refractivity contribution in [3.63, 3.8) is 0 Å². The summed E-state index contributed by atoms with van der Waals surface area (Å²) >= 11 is 0. The Hall–Kier alpha value is -2.87. The highest BCUT2D eigenvalue weighted by Crippen LogP contribution is 2.29. The molecule has 7 nitrogen and oxygen atoms in total. The van der Waals surface area contributed by atoms with Crippen LogP contribution in [0.4, 0.5) is 11.4 Å². The third-order valence-corrected chi connectivity index (χ3v) is 6.03. The number of ether oxygens (including phenoxy) is 1. The molecule has 1 aliphatic rings. The average Bonchev–Trinajstić information content (AvgIpc) is 2.84. The zero-order valence-corrected chi connectivity index (χ0v) is 15.8. The van der Waals surface area contributed by atoms with Crippen LogP contribution in [-0.4, -0.2) is 32.6 Å². The van der Waals surface area contributed by atoms with Crippen LogP contribution in [0.3, 0.4) is 0 Å². The van der Waals surface area contributed by atoms with E-state index in [0.29, 0.717) is 23.6 Å². The normalized spacial score (nSPS) is 18.4. The predicted octanol–water partition coefficient (Wildman–Crippen LogP) is 2.65. The molecule has 2 amide bonds. The fourth-order valence-corrected chi connectivity index (χ4v) is 4.70. The minimum Gasteiger partial charge on any atom is -0.492 e. The Bertz CT molecular complexity index is 970. The summed E-state index contributed by atoms with van der Waals surface area (Å²) in [6, 6.07) is 13.0. The van der Waals surface area contributed by atoms with Crippen LogP contribution < -0.4 is 14.4 Å². The summed E-state index contributed by atoms with van der Waals surface area (Å²) in [4.78, 5) is 24.6. The molecule has 1 atom stereocenters. The fraction of sp³-hybridized carbons (Fsp3) is 0.263. The minimum atomic E-state index is -3.67. The van der Waals surface area contributed by atoms with Gasteiger partial charge in [-0.2, -0.15) is 0 Å². The van der Waals surface area contributed by atoms with E-state index in [1.165, 1.54) is 24.3 Å². The maximum Gasteiger partial charge on any atom is 0.255 e. The number of anilines is 2. The number of sulfonamides is 1. The number of carbonyl (C=O) groups excluding carboxylic acids is 2. The summed E-state index contributed by atoms with van der Waals surface area (Å²) in [6.45, 7) is 3.90. The molecule has 0 aromatic heterocycles. The van der Waals surface area contributed by atoms with Gasteiger partial charge >= 0.3 is 0 Å². The van der Waals surface area contributed by atoms with E-state index in [1.54, 1.807) is 25.1 Å². The molecular formula is C19H20N2O5S. The molecule has 1 N–H and O–H groups in total. The number of hydrogen-bond acceptors (Lipinski definition) is 5. The summed E-state index contributed by atoms with van der Waals surface area (Å²) in [6.07, 6.45) is 0. The number of rotatable bonds is 5. The van der Waals surface area contributed by atoms with Gasteiger partial charge < -0.3 is 10.1 Å². The maximum atomic E-state index is 12.5. The quantitative estimate of drug-likeness (QED) is 0.850. The standard InChI is InChI=1S/C19H20N2O5S/c1-3-26-17-7-5-4-6-16(17)20-18(22)14-8-10-15(11-9-14)21-19(23)13(2)12-27(21,24)25/h4-11,13H,3,12H2,1-2H3,(H,20,22). The summed E-state index contributed by atoms with van der Waals surface area (Å²) in [5.74, 6) is -1.04. The van der Waals surface area contributed by atoms with Crippen molar-refractivity contribution in [3.8, 4) is 5.75 Å². The Balaban J connectivity index is 1.80. The smallest absolute Gasteiger partial charge is 0.255 e. The Morgan fingerprint density at radius 1 is 1.19 bits per heavy atom. The van der Waals surface area contributed by atoms with Gasteiger partial charge in [-0.25, -0.2) is 12.7 Å². The molecule has 3 rings (SSSR count). The van der Waals surface area contributed by atoms with Crippen LogP contribution in [0.1, 0.15) is 24.2 Å². The van der Waals surface area contributed by atoms with Crippen molar-refractivity contribution in [2.75, 3.05) is 22.0 Å². The second kappa shape index (κ2) is 7.40. The zero-order valence-electron chi connectivity index (χ0n) is 15.0. The molecule has 1 heterocycles. The number of para-hydroxylation sites is 2. The van der Waals surface area contributed by atoms with E-state index < -0.39 is 21.8 Å². The Morgan fingerprint density at radius 3 is 2.44 bits per heavy atom. The Kier molecular flexibility index (Phi) is 5.18. The van der Waals surface area contributed by atoms with Crippen LogP contribution in [0.5, 0.6) is 5.75 Å². The first-order valence-corrected chi connectivity index (χ1v) is 10.1. The second-order valence-electron chi connectivity index (χ2n) is 6.21. The molecule has 2 aromatic rings. The minimum absolute atomic E-state index is 0.206. The predicted molar refractivity (Wildman–Crippen MR) is 102 cm³/mol. The summed E-state index contributed by atoms with van der Waals surface area (Å²) in [5.41, 5.74) is 1.11. The number of nitrogens with zero attached hydrogens (tertiary/aromatic N) is 1. The van der Waals surface area contributed by atoms with Crippen molar-refractivity contribution in [2.24, 2.45) is 5.92 Å². The van der Waals surface area contributed by atoms with Crippen molar-refractivity contribution >= 4 is 33.2 Å². The average molecular weight is 388 g/mol. The van der Waals surface area contributed by atoms with Crippen LogP contribution in [0.15, 0.2) is 48.5 Å². The molecule has 0 spiro atoms. The van der Waals surface area contributed by atoms with Gasteiger partial charge in [0, 0.05) is 5.56 Å². The highest BCUT2D eigenvalue weighted by molar-refractivity contribution is 7.94. The highest BCUT2D eigenvalue weighted by Gasteiger charge is 2.41. The van der Waals surface area contributed by atoms with E-state index in [4.69, 9.17) is 4.74 Å². The van der Waals surface area contributed by atoms with E-state index >= 15 is 0 Å². The van der Waals surface area contributed by atoms with Gasteiger partial charge in [-0.15, -0.1) is 0 Å². The van der Waals surface area contributed by atoms with E-state index in [1.807, 2.05) is 13.0 Å². The largest absolute Gasteiger partial charge is 0.492 e. The lowest BCUT2D eigenvalue weighted by Crippen LogP contribution is -2.30. The first-order valence-electron chi connectivity index (χ1n) is 8.53. The molecule has 0 radical (unpaired) electrons. The van der Waals surface area contributed by atoms with E-state index in [-0.39, 0.29) is 17.3 Å². The van der Waals surface area contributed by atoms with E-state index in [9.17, 15) is 18.0 Å². The molecule has 0 aliphatic carbocycles. The summed E-state index contributed by atoms with van der Waals surface area (Å²) in [5, 5.41) is 2.77. The highest BCUT2D eigenvalue weighted by atomic mass is 32.2. The van der Waals surface area contributed by atoms with Crippen molar-refractivity contribution in [1.29, 1.82) is 0 Å². The van der Waals surface area contributed by atoms with Crippen LogP contribution in [0.2, 0.25) is 0 Å². The molecule has 1 unspecified atom stereocenters. The SMILES string of the molecule is CCOc1ccccc1NC(=O)c1ccc(N2C(=O)C(C)CS2(=O)=O)cc1.